The molecule has 0 atom stereocenters. The highest BCUT2D eigenvalue weighted by Gasteiger charge is 2.12. The monoisotopic (exact) mass is 268 g/mol. The van der Waals surface area contributed by atoms with E-state index in [9.17, 15) is 0 Å². The summed E-state index contributed by atoms with van der Waals surface area (Å²) in [5, 5.41) is 0. The summed E-state index contributed by atoms with van der Waals surface area (Å²) < 4.78 is 7.67. The van der Waals surface area contributed by atoms with Gasteiger partial charge in [0, 0.05) is 11.6 Å². The molecule has 0 bridgehead atoms. The molecule has 0 amide bonds. The molecule has 0 fully saturated rings. The second-order valence-corrected chi connectivity index (χ2v) is 4.95. The molecule has 2 nitrogen and oxygen atoms in total. The summed E-state index contributed by atoms with van der Waals surface area (Å²) >= 11 is 0. The molecule has 0 heterocycles. The first kappa shape index (κ1) is 14.3. The van der Waals surface area contributed by atoms with Crippen molar-refractivity contribution in [3.63, 3.8) is 0 Å². The second-order valence-electron chi connectivity index (χ2n) is 4.95. The van der Waals surface area contributed by atoms with Gasteiger partial charge in [0.2, 0.25) is 5.69 Å². The summed E-state index contributed by atoms with van der Waals surface area (Å²) in [7, 11) is 1.71. The number of hydrogen-bond acceptors (Lipinski definition) is 1. The third kappa shape index (κ3) is 3.08. The van der Waals surface area contributed by atoms with Gasteiger partial charge in [-0.3, -0.25) is 0 Å². The molecule has 104 valence electrons. The van der Waals surface area contributed by atoms with Crippen molar-refractivity contribution < 1.29 is 9.31 Å². The first-order valence-electron chi connectivity index (χ1n) is 6.97. The Hall–Kier alpha value is -2.09. The molecule has 0 unspecified atom stereocenters. The summed E-state index contributed by atoms with van der Waals surface area (Å²) in [6.07, 6.45) is 2.15. The van der Waals surface area contributed by atoms with Gasteiger partial charge in [0.25, 0.3) is 0 Å². The summed E-state index contributed by atoms with van der Waals surface area (Å²) in [6.45, 7) is 7.35. The molecule has 0 aliphatic carbocycles. The van der Waals surface area contributed by atoms with E-state index < -0.39 is 0 Å². The topological polar surface area (TPSA) is 12.2 Å². The maximum absolute atomic E-state index is 5.42. The molecule has 2 aromatic rings. The average molecular weight is 268 g/mol. The number of benzene rings is 2. The molecule has 0 spiro atoms. The number of hydrogen-bond donors (Lipinski definition) is 0. The standard InChI is InChI=1S/C18H22NO/c1-5-19(17-11-10-14(2)12-15(17)3)13-16-8-6-7-9-18(16)20-4/h6-13H,5H2,1-4H3/q+1. The van der Waals surface area contributed by atoms with Crippen LogP contribution in [0.3, 0.4) is 0 Å². The van der Waals surface area contributed by atoms with Crippen LogP contribution in [-0.4, -0.2) is 24.4 Å². The lowest BCUT2D eigenvalue weighted by Gasteiger charge is -2.07. The Morgan fingerprint density at radius 3 is 2.50 bits per heavy atom. The highest BCUT2D eigenvalue weighted by molar-refractivity contribution is 5.80. The maximum atomic E-state index is 5.42. The molecule has 0 saturated heterocycles. The van der Waals surface area contributed by atoms with Gasteiger partial charge in [-0.15, -0.1) is 0 Å². The summed E-state index contributed by atoms with van der Waals surface area (Å²) in [4.78, 5) is 0. The Morgan fingerprint density at radius 1 is 1.10 bits per heavy atom. The highest BCUT2D eigenvalue weighted by atomic mass is 16.5. The Bertz CT molecular complexity index is 629. The van der Waals surface area contributed by atoms with Crippen LogP contribution in [0.4, 0.5) is 5.69 Å². The SMILES string of the molecule is CC[N+](=Cc1ccccc1OC)c1ccc(C)cc1C. The van der Waals surface area contributed by atoms with Gasteiger partial charge in [0.1, 0.15) is 12.3 Å². The number of ether oxygens (including phenoxy) is 1. The van der Waals surface area contributed by atoms with Gasteiger partial charge >= 0.3 is 0 Å². The van der Waals surface area contributed by atoms with E-state index in [0.717, 1.165) is 17.9 Å². The molecule has 2 aromatic carbocycles. The smallest absolute Gasteiger partial charge is 0.208 e. The van der Waals surface area contributed by atoms with Gasteiger partial charge < -0.3 is 4.74 Å². The molecule has 0 radical (unpaired) electrons. The van der Waals surface area contributed by atoms with Crippen molar-refractivity contribution in [1.82, 2.24) is 0 Å². The van der Waals surface area contributed by atoms with Gasteiger partial charge in [-0.2, -0.15) is 4.58 Å². The molecule has 20 heavy (non-hydrogen) atoms. The van der Waals surface area contributed by atoms with Gasteiger partial charge in [-0.05, 0) is 39.0 Å². The Labute approximate surface area is 121 Å². The van der Waals surface area contributed by atoms with E-state index in [1.165, 1.54) is 16.8 Å². The first-order chi connectivity index (χ1) is 9.65. The normalized spacial score (nSPS) is 11.5. The molecule has 2 rings (SSSR count). The Balaban J connectivity index is 2.48. The molecule has 0 aromatic heterocycles. The molecule has 0 aliphatic heterocycles. The minimum Gasteiger partial charge on any atom is -0.496 e. The minimum absolute atomic E-state index is 0.899. The van der Waals surface area contributed by atoms with E-state index in [-0.39, 0.29) is 0 Å². The fourth-order valence-corrected chi connectivity index (χ4v) is 2.40. The zero-order chi connectivity index (χ0) is 14.5. The van der Waals surface area contributed by atoms with Crippen molar-refractivity contribution >= 4 is 11.9 Å². The van der Waals surface area contributed by atoms with Crippen molar-refractivity contribution in [3.8, 4) is 5.75 Å². The van der Waals surface area contributed by atoms with Crippen LogP contribution in [0, 0.1) is 13.8 Å². The van der Waals surface area contributed by atoms with Crippen LogP contribution in [-0.2, 0) is 0 Å². The van der Waals surface area contributed by atoms with Crippen LogP contribution < -0.4 is 4.74 Å². The van der Waals surface area contributed by atoms with Crippen LogP contribution in [0.25, 0.3) is 0 Å². The summed E-state index contributed by atoms with van der Waals surface area (Å²) in [5.41, 5.74) is 4.92. The van der Waals surface area contributed by atoms with Crippen LogP contribution in [0.1, 0.15) is 23.6 Å². The van der Waals surface area contributed by atoms with Crippen LogP contribution in [0.15, 0.2) is 42.5 Å². The van der Waals surface area contributed by atoms with E-state index in [2.05, 4.69) is 55.8 Å². The lowest BCUT2D eigenvalue weighted by atomic mass is 10.1. The average Bonchev–Trinajstić information content (AvgIpc) is 2.46. The first-order valence-corrected chi connectivity index (χ1v) is 6.97. The van der Waals surface area contributed by atoms with Crippen molar-refractivity contribution in [1.29, 1.82) is 0 Å². The third-order valence-corrected chi connectivity index (χ3v) is 3.44. The van der Waals surface area contributed by atoms with Crippen molar-refractivity contribution in [2.24, 2.45) is 0 Å². The molecule has 0 aliphatic rings. The van der Waals surface area contributed by atoms with E-state index in [4.69, 9.17) is 4.74 Å². The van der Waals surface area contributed by atoms with Gasteiger partial charge in [0.15, 0.2) is 6.21 Å². The minimum atomic E-state index is 0.899. The lowest BCUT2D eigenvalue weighted by molar-refractivity contribution is -0.431. The molecule has 0 saturated carbocycles. The Morgan fingerprint density at radius 2 is 1.85 bits per heavy atom. The number of para-hydroxylation sites is 1. The van der Waals surface area contributed by atoms with Crippen LogP contribution in [0.5, 0.6) is 5.75 Å². The van der Waals surface area contributed by atoms with Gasteiger partial charge in [0.05, 0.1) is 12.7 Å². The highest BCUT2D eigenvalue weighted by Crippen LogP contribution is 2.21. The number of rotatable bonds is 4. The maximum Gasteiger partial charge on any atom is 0.208 e. The molecule has 2 heteroatoms. The zero-order valence-corrected chi connectivity index (χ0v) is 12.7. The molecule has 0 N–H and O–H groups in total. The fraction of sp³-hybridized carbons (Fsp3) is 0.278. The summed E-state index contributed by atoms with van der Waals surface area (Å²) in [5.74, 6) is 0.899. The third-order valence-electron chi connectivity index (χ3n) is 3.44. The lowest BCUT2D eigenvalue weighted by Crippen LogP contribution is -2.09. The van der Waals surface area contributed by atoms with Crippen LogP contribution >= 0.6 is 0 Å². The van der Waals surface area contributed by atoms with Crippen molar-refractivity contribution in [2.45, 2.75) is 20.8 Å². The van der Waals surface area contributed by atoms with E-state index in [0.29, 0.717) is 0 Å². The van der Waals surface area contributed by atoms with E-state index >= 15 is 0 Å². The van der Waals surface area contributed by atoms with Gasteiger partial charge in [-0.1, -0.05) is 23.8 Å². The van der Waals surface area contributed by atoms with Crippen molar-refractivity contribution in [2.75, 3.05) is 13.7 Å². The number of methoxy groups -OCH3 is 1. The van der Waals surface area contributed by atoms with E-state index in [1.54, 1.807) is 7.11 Å². The fourth-order valence-electron chi connectivity index (χ4n) is 2.40. The van der Waals surface area contributed by atoms with Crippen molar-refractivity contribution in [3.05, 3.63) is 59.2 Å². The number of nitrogens with zero attached hydrogens (tertiary/aromatic N) is 1. The molecular weight excluding hydrogens is 246 g/mol. The second kappa shape index (κ2) is 6.38. The predicted octanol–water partition coefficient (Wildman–Crippen LogP) is 4.10. The van der Waals surface area contributed by atoms with Gasteiger partial charge in [-0.25, -0.2) is 0 Å². The predicted molar refractivity (Wildman–Crippen MR) is 84.5 cm³/mol. The van der Waals surface area contributed by atoms with Crippen LogP contribution in [0.2, 0.25) is 0 Å². The Kier molecular flexibility index (Phi) is 4.57. The largest absolute Gasteiger partial charge is 0.496 e. The quantitative estimate of drug-likeness (QED) is 0.601. The zero-order valence-electron chi connectivity index (χ0n) is 12.7. The number of aryl methyl sites for hydroxylation is 2. The molecular formula is C18H22NO+. The summed E-state index contributed by atoms with van der Waals surface area (Å²) in [6, 6.07) is 14.6. The van der Waals surface area contributed by atoms with E-state index in [1.807, 2.05) is 18.2 Å².